The third kappa shape index (κ3) is 5.03. The second-order valence-corrected chi connectivity index (χ2v) is 7.74. The van der Waals surface area contributed by atoms with Crippen LogP contribution in [0.3, 0.4) is 0 Å². The van der Waals surface area contributed by atoms with Crippen molar-refractivity contribution in [2.75, 3.05) is 17.6 Å². The molecule has 3 aromatic heterocycles. The predicted octanol–water partition coefficient (Wildman–Crippen LogP) is 6.53. The number of anilines is 2. The van der Waals surface area contributed by atoms with Gasteiger partial charge in [0.05, 0.1) is 28.2 Å². The summed E-state index contributed by atoms with van der Waals surface area (Å²) in [7, 11) is 1.51. The van der Waals surface area contributed by atoms with Crippen molar-refractivity contribution in [1.82, 2.24) is 15.0 Å². The molecular weight excluding hydrogens is 449 g/mol. The Morgan fingerprint density at radius 2 is 1.88 bits per heavy atom. The van der Waals surface area contributed by atoms with Crippen molar-refractivity contribution < 1.29 is 9.13 Å². The van der Waals surface area contributed by atoms with Gasteiger partial charge >= 0.3 is 0 Å². The Balaban J connectivity index is 0.00000141. The minimum atomic E-state index is -0.397. The predicted molar refractivity (Wildman–Crippen MR) is 131 cm³/mol. The van der Waals surface area contributed by atoms with Crippen LogP contribution in [0.2, 0.25) is 5.02 Å². The number of fused-ring (bicyclic) bond motifs is 1. The molecule has 0 radical (unpaired) electrons. The van der Waals surface area contributed by atoms with Gasteiger partial charge in [0.1, 0.15) is 5.82 Å². The highest BCUT2D eigenvalue weighted by Gasteiger charge is 2.15. The number of aryl methyl sites for hydroxylation is 1. The van der Waals surface area contributed by atoms with Gasteiger partial charge in [-0.3, -0.25) is 4.98 Å². The zero-order valence-electron chi connectivity index (χ0n) is 18.1. The second kappa shape index (κ2) is 10.5. The maximum absolute atomic E-state index is 15.4. The lowest BCUT2D eigenvalue weighted by atomic mass is 10.0. The van der Waals surface area contributed by atoms with Gasteiger partial charge in [-0.1, -0.05) is 37.6 Å². The molecule has 0 saturated heterocycles. The Morgan fingerprint density at radius 1 is 1.09 bits per heavy atom. The van der Waals surface area contributed by atoms with Gasteiger partial charge in [-0.25, -0.2) is 14.4 Å². The molecule has 6 nitrogen and oxygen atoms in total. The summed E-state index contributed by atoms with van der Waals surface area (Å²) in [6.07, 6.45) is 3.12. The molecule has 1 aromatic carbocycles. The van der Waals surface area contributed by atoms with E-state index in [1.165, 1.54) is 13.3 Å². The van der Waals surface area contributed by atoms with Crippen LogP contribution in [0.25, 0.3) is 22.0 Å². The summed E-state index contributed by atoms with van der Waals surface area (Å²) in [6.45, 7) is 5.84. The first-order valence-electron chi connectivity index (χ1n) is 9.90. The zero-order chi connectivity index (χ0) is 23.3. The fourth-order valence-corrected chi connectivity index (χ4v) is 4.03. The Bertz CT molecular complexity index is 1250. The van der Waals surface area contributed by atoms with Crippen molar-refractivity contribution in [2.45, 2.75) is 25.7 Å². The van der Waals surface area contributed by atoms with Gasteiger partial charge in [0.25, 0.3) is 0 Å². The zero-order valence-corrected chi connectivity index (χ0v) is 19.7. The number of rotatable bonds is 5. The minimum absolute atomic E-state index is 0.314. The summed E-state index contributed by atoms with van der Waals surface area (Å²) in [6, 6.07) is 10.4. The quantitative estimate of drug-likeness (QED) is 0.320. The van der Waals surface area contributed by atoms with Gasteiger partial charge in [0.2, 0.25) is 5.88 Å². The van der Waals surface area contributed by atoms with Crippen LogP contribution in [-0.2, 0) is 0 Å². The average Bonchev–Trinajstić information content (AvgIpc) is 2.79. The Labute approximate surface area is 195 Å². The number of benzene rings is 1. The number of nitrogens with two attached hydrogens (primary N) is 1. The molecule has 4 aromatic rings. The van der Waals surface area contributed by atoms with E-state index in [0.717, 1.165) is 22.9 Å². The Hall–Kier alpha value is -3.10. The van der Waals surface area contributed by atoms with E-state index in [1.807, 2.05) is 26.8 Å². The molecule has 0 aliphatic rings. The molecule has 4 rings (SSSR count). The third-order valence-corrected chi connectivity index (χ3v) is 5.49. The molecule has 0 aliphatic heterocycles. The van der Waals surface area contributed by atoms with Crippen molar-refractivity contribution in [3.8, 4) is 17.0 Å². The Morgan fingerprint density at radius 3 is 2.62 bits per heavy atom. The van der Waals surface area contributed by atoms with Crippen LogP contribution in [-0.4, -0.2) is 22.1 Å². The number of pyridine rings is 3. The number of nitrogens with one attached hydrogen (secondary N) is 1. The van der Waals surface area contributed by atoms with Crippen LogP contribution >= 0.6 is 23.5 Å². The lowest BCUT2D eigenvalue weighted by Crippen LogP contribution is -1.98. The standard InChI is InChI=1S/C21H17ClFN5OS.C2H6/c1-11-15(6-12-9-25-19(24)8-17(12)27-11)14-4-3-5-16(20(14)23)28-30-18-7-13(22)10-26-21(18)29-2;1-2/h3-10,28H,1-2H3,(H2,24,25);1-2H3. The van der Waals surface area contributed by atoms with Crippen LogP contribution in [0, 0.1) is 12.7 Å². The van der Waals surface area contributed by atoms with E-state index in [4.69, 9.17) is 22.1 Å². The topological polar surface area (TPSA) is 86.0 Å². The van der Waals surface area contributed by atoms with Crippen molar-refractivity contribution in [2.24, 2.45) is 0 Å². The van der Waals surface area contributed by atoms with Gasteiger partial charge < -0.3 is 15.2 Å². The summed E-state index contributed by atoms with van der Waals surface area (Å²) in [5.74, 6) is 0.393. The molecule has 166 valence electrons. The number of halogens is 2. The maximum atomic E-state index is 15.4. The smallest absolute Gasteiger partial charge is 0.228 e. The van der Waals surface area contributed by atoms with Crippen LogP contribution < -0.4 is 15.2 Å². The molecule has 3 N–H and O–H groups in total. The number of methoxy groups -OCH3 is 1. The number of ether oxygens (including phenoxy) is 1. The molecule has 0 saturated carbocycles. The molecule has 9 heteroatoms. The van der Waals surface area contributed by atoms with E-state index in [1.54, 1.807) is 36.5 Å². The van der Waals surface area contributed by atoms with E-state index in [0.29, 0.717) is 44.1 Å². The van der Waals surface area contributed by atoms with E-state index >= 15 is 4.39 Å². The molecule has 0 amide bonds. The van der Waals surface area contributed by atoms with Crippen molar-refractivity contribution in [3.05, 3.63) is 65.3 Å². The molecule has 32 heavy (non-hydrogen) atoms. The first-order valence-corrected chi connectivity index (χ1v) is 11.1. The van der Waals surface area contributed by atoms with Crippen molar-refractivity contribution in [3.63, 3.8) is 0 Å². The summed E-state index contributed by atoms with van der Waals surface area (Å²) in [5, 5.41) is 1.24. The number of nitrogen functional groups attached to an aromatic ring is 1. The first-order chi connectivity index (χ1) is 15.5. The second-order valence-electron chi connectivity index (χ2n) is 6.46. The number of nitrogens with zero attached hydrogens (tertiary/aromatic N) is 3. The highest BCUT2D eigenvalue weighted by Crippen LogP contribution is 2.35. The summed E-state index contributed by atoms with van der Waals surface area (Å²) >= 11 is 7.18. The summed E-state index contributed by atoms with van der Waals surface area (Å²) in [5.41, 5.74) is 8.57. The minimum Gasteiger partial charge on any atom is -0.480 e. The van der Waals surface area contributed by atoms with Crippen LogP contribution in [0.5, 0.6) is 5.88 Å². The molecule has 0 aliphatic carbocycles. The normalized spacial score (nSPS) is 10.4. The Kier molecular flexibility index (Phi) is 7.71. The van der Waals surface area contributed by atoms with Gasteiger partial charge in [-0.15, -0.1) is 0 Å². The number of hydrogen-bond donors (Lipinski definition) is 2. The summed E-state index contributed by atoms with van der Waals surface area (Å²) < 4.78 is 23.6. The van der Waals surface area contributed by atoms with Crippen molar-refractivity contribution >= 4 is 46.0 Å². The lowest BCUT2D eigenvalue weighted by molar-refractivity contribution is 0.387. The van der Waals surface area contributed by atoms with E-state index in [-0.39, 0.29) is 0 Å². The van der Waals surface area contributed by atoms with Crippen LogP contribution in [0.15, 0.2) is 53.7 Å². The van der Waals surface area contributed by atoms with Gasteiger partial charge in [-0.05, 0) is 37.1 Å². The van der Waals surface area contributed by atoms with E-state index < -0.39 is 5.82 Å². The van der Waals surface area contributed by atoms with Crippen LogP contribution in [0.4, 0.5) is 15.9 Å². The molecule has 0 bridgehead atoms. The highest BCUT2D eigenvalue weighted by atomic mass is 35.5. The summed E-state index contributed by atoms with van der Waals surface area (Å²) in [4.78, 5) is 13.4. The fourth-order valence-electron chi connectivity index (χ4n) is 3.02. The molecular formula is C23H23ClFN5OS. The SMILES string of the molecule is CC.COc1ncc(Cl)cc1SNc1cccc(-c2cc3cnc(N)cc3nc2C)c1F. The molecule has 0 fully saturated rings. The monoisotopic (exact) mass is 471 g/mol. The maximum Gasteiger partial charge on any atom is 0.228 e. The largest absolute Gasteiger partial charge is 0.480 e. The van der Waals surface area contributed by atoms with Crippen LogP contribution in [0.1, 0.15) is 19.5 Å². The first kappa shape index (κ1) is 23.6. The van der Waals surface area contributed by atoms with E-state index in [2.05, 4.69) is 19.7 Å². The van der Waals surface area contributed by atoms with Gasteiger partial charge in [-0.2, -0.15) is 0 Å². The molecule has 0 unspecified atom stereocenters. The fraction of sp³-hybridized carbons (Fsp3) is 0.174. The average molecular weight is 472 g/mol. The molecule has 0 spiro atoms. The lowest BCUT2D eigenvalue weighted by Gasteiger charge is -2.13. The molecule has 0 atom stereocenters. The van der Waals surface area contributed by atoms with E-state index in [9.17, 15) is 0 Å². The number of hydrogen-bond acceptors (Lipinski definition) is 7. The van der Waals surface area contributed by atoms with Gasteiger partial charge in [0.15, 0.2) is 5.82 Å². The van der Waals surface area contributed by atoms with Crippen molar-refractivity contribution in [1.29, 1.82) is 0 Å². The third-order valence-electron chi connectivity index (χ3n) is 4.45. The van der Waals surface area contributed by atoms with Gasteiger partial charge in [0, 0.05) is 40.7 Å². The number of aromatic nitrogens is 3. The molecule has 3 heterocycles. The highest BCUT2D eigenvalue weighted by molar-refractivity contribution is 8.00.